The summed E-state index contributed by atoms with van der Waals surface area (Å²) in [6.07, 6.45) is 0.909. The lowest BCUT2D eigenvalue weighted by atomic mass is 10.3. The van der Waals surface area contributed by atoms with Gasteiger partial charge in [-0.3, -0.25) is 4.79 Å². The smallest absolute Gasteiger partial charge is 0.271 e. The Morgan fingerprint density at radius 3 is 2.71 bits per heavy atom. The van der Waals surface area contributed by atoms with Crippen molar-refractivity contribution in [1.29, 1.82) is 0 Å². The zero-order valence-electron chi connectivity index (χ0n) is 10.3. The topological polar surface area (TPSA) is 84.1 Å². The Kier molecular flexibility index (Phi) is 5.35. The van der Waals surface area contributed by atoms with Gasteiger partial charge in [0.25, 0.3) is 5.91 Å². The quantitative estimate of drug-likeness (QED) is 0.728. The summed E-state index contributed by atoms with van der Waals surface area (Å²) in [6.45, 7) is 4.39. The van der Waals surface area contributed by atoms with E-state index in [2.05, 4.69) is 20.4 Å². The largest absolute Gasteiger partial charge is 0.355 e. The third-order valence-corrected chi connectivity index (χ3v) is 2.45. The molecule has 1 aromatic rings. The molecule has 0 aromatic carbocycles. The first kappa shape index (κ1) is 13.4. The third kappa shape index (κ3) is 3.67. The molecular weight excluding hydrogens is 218 g/mol. The maximum Gasteiger partial charge on any atom is 0.271 e. The van der Waals surface area contributed by atoms with E-state index >= 15 is 0 Å². The van der Waals surface area contributed by atoms with Crippen molar-refractivity contribution in [3.8, 4) is 0 Å². The van der Waals surface area contributed by atoms with Gasteiger partial charge in [-0.05, 0) is 32.0 Å². The number of hydrogen-bond acceptors (Lipinski definition) is 5. The standard InChI is InChI=1S/C11H19N5O/c1-3-16(8-4-7-12)10-6-5-9(14-15-10)11(17)13-2/h5-6H,3-4,7-8,12H2,1-2H3,(H,13,17). The van der Waals surface area contributed by atoms with Gasteiger partial charge in [0.1, 0.15) is 0 Å². The predicted octanol–water partition coefficient (Wildman–Crippen LogP) is 0.0113. The summed E-state index contributed by atoms with van der Waals surface area (Å²) in [5.41, 5.74) is 5.80. The molecule has 1 amide bonds. The molecule has 0 spiro atoms. The van der Waals surface area contributed by atoms with Crippen molar-refractivity contribution in [2.45, 2.75) is 13.3 Å². The zero-order chi connectivity index (χ0) is 12.7. The summed E-state index contributed by atoms with van der Waals surface area (Å²) in [7, 11) is 1.57. The van der Waals surface area contributed by atoms with Crippen LogP contribution in [0.4, 0.5) is 5.82 Å². The van der Waals surface area contributed by atoms with Crippen LogP contribution >= 0.6 is 0 Å². The molecule has 0 unspecified atom stereocenters. The zero-order valence-corrected chi connectivity index (χ0v) is 10.3. The van der Waals surface area contributed by atoms with Crippen LogP contribution in [0, 0.1) is 0 Å². The molecule has 17 heavy (non-hydrogen) atoms. The first-order valence-corrected chi connectivity index (χ1v) is 5.73. The Bertz CT molecular complexity index is 351. The van der Waals surface area contributed by atoms with Crippen LogP contribution in [0.2, 0.25) is 0 Å². The second-order valence-electron chi connectivity index (χ2n) is 3.58. The molecule has 0 bridgehead atoms. The monoisotopic (exact) mass is 237 g/mol. The lowest BCUT2D eigenvalue weighted by Gasteiger charge is -2.20. The molecule has 6 heteroatoms. The molecule has 1 aromatic heterocycles. The van der Waals surface area contributed by atoms with Crippen LogP contribution in [0.25, 0.3) is 0 Å². The van der Waals surface area contributed by atoms with Crippen molar-refractivity contribution in [3.63, 3.8) is 0 Å². The van der Waals surface area contributed by atoms with Gasteiger partial charge in [-0.15, -0.1) is 10.2 Å². The average Bonchev–Trinajstić information content (AvgIpc) is 2.39. The number of nitrogens with one attached hydrogen (secondary N) is 1. The number of anilines is 1. The summed E-state index contributed by atoms with van der Waals surface area (Å²) in [6, 6.07) is 3.48. The van der Waals surface area contributed by atoms with Gasteiger partial charge < -0.3 is 16.0 Å². The summed E-state index contributed by atoms with van der Waals surface area (Å²) in [4.78, 5) is 13.4. The van der Waals surface area contributed by atoms with Crippen molar-refractivity contribution in [1.82, 2.24) is 15.5 Å². The molecule has 1 rings (SSSR count). The van der Waals surface area contributed by atoms with Crippen LogP contribution in [-0.2, 0) is 0 Å². The Balaban J connectivity index is 2.74. The van der Waals surface area contributed by atoms with Crippen molar-refractivity contribution in [2.24, 2.45) is 5.73 Å². The maximum atomic E-state index is 11.3. The molecule has 0 aliphatic rings. The maximum absolute atomic E-state index is 11.3. The highest BCUT2D eigenvalue weighted by Crippen LogP contribution is 2.09. The minimum Gasteiger partial charge on any atom is -0.355 e. The first-order chi connectivity index (χ1) is 8.22. The van der Waals surface area contributed by atoms with Gasteiger partial charge in [-0.25, -0.2) is 0 Å². The van der Waals surface area contributed by atoms with E-state index in [9.17, 15) is 4.79 Å². The van der Waals surface area contributed by atoms with Crippen molar-refractivity contribution in [2.75, 3.05) is 31.6 Å². The van der Waals surface area contributed by atoms with E-state index in [1.165, 1.54) is 0 Å². The normalized spacial score (nSPS) is 10.1. The molecule has 0 saturated heterocycles. The van der Waals surface area contributed by atoms with Crippen molar-refractivity contribution in [3.05, 3.63) is 17.8 Å². The number of carbonyl (C=O) groups excluding carboxylic acids is 1. The number of nitrogens with zero attached hydrogens (tertiary/aromatic N) is 3. The highest BCUT2D eigenvalue weighted by molar-refractivity contribution is 5.91. The average molecular weight is 237 g/mol. The van der Waals surface area contributed by atoms with Gasteiger partial charge in [-0.1, -0.05) is 0 Å². The molecule has 0 atom stereocenters. The minimum atomic E-state index is -0.228. The number of rotatable bonds is 6. The Hall–Kier alpha value is -1.69. The second-order valence-corrected chi connectivity index (χ2v) is 3.58. The molecule has 0 radical (unpaired) electrons. The number of carbonyl (C=O) groups is 1. The van der Waals surface area contributed by atoms with Crippen LogP contribution in [0.15, 0.2) is 12.1 Å². The molecule has 3 N–H and O–H groups in total. The minimum absolute atomic E-state index is 0.228. The fourth-order valence-electron chi connectivity index (χ4n) is 1.46. The summed E-state index contributed by atoms with van der Waals surface area (Å²) in [5, 5.41) is 10.4. The fourth-order valence-corrected chi connectivity index (χ4v) is 1.46. The fraction of sp³-hybridized carbons (Fsp3) is 0.545. The molecule has 0 fully saturated rings. The van der Waals surface area contributed by atoms with Crippen LogP contribution in [0.3, 0.4) is 0 Å². The van der Waals surface area contributed by atoms with Crippen LogP contribution in [-0.4, -0.2) is 42.8 Å². The summed E-state index contributed by atoms with van der Waals surface area (Å²) >= 11 is 0. The van der Waals surface area contributed by atoms with E-state index in [1.54, 1.807) is 19.2 Å². The molecule has 1 heterocycles. The number of amides is 1. The predicted molar refractivity (Wildman–Crippen MR) is 67.0 cm³/mol. The van der Waals surface area contributed by atoms with Crippen LogP contribution in [0.5, 0.6) is 0 Å². The van der Waals surface area contributed by atoms with Crippen molar-refractivity contribution < 1.29 is 4.79 Å². The van der Waals surface area contributed by atoms with Gasteiger partial charge in [0, 0.05) is 20.1 Å². The molecule has 6 nitrogen and oxygen atoms in total. The van der Waals surface area contributed by atoms with E-state index in [4.69, 9.17) is 5.73 Å². The van der Waals surface area contributed by atoms with Crippen molar-refractivity contribution >= 4 is 11.7 Å². The molecule has 0 aliphatic carbocycles. The lowest BCUT2D eigenvalue weighted by molar-refractivity contribution is 0.0957. The van der Waals surface area contributed by atoms with Gasteiger partial charge in [0.05, 0.1) is 0 Å². The number of hydrogen-bond donors (Lipinski definition) is 2. The van der Waals surface area contributed by atoms with E-state index in [1.807, 2.05) is 6.92 Å². The van der Waals surface area contributed by atoms with Crippen LogP contribution in [0.1, 0.15) is 23.8 Å². The molecule has 0 saturated carbocycles. The highest BCUT2D eigenvalue weighted by Gasteiger charge is 2.09. The Labute approximate surface area is 101 Å². The highest BCUT2D eigenvalue weighted by atomic mass is 16.1. The van der Waals surface area contributed by atoms with Crippen LogP contribution < -0.4 is 16.0 Å². The van der Waals surface area contributed by atoms with E-state index < -0.39 is 0 Å². The van der Waals surface area contributed by atoms with Gasteiger partial charge in [0.15, 0.2) is 11.5 Å². The van der Waals surface area contributed by atoms with E-state index in [0.29, 0.717) is 12.2 Å². The number of nitrogens with two attached hydrogens (primary N) is 1. The third-order valence-electron chi connectivity index (χ3n) is 2.45. The molecule has 94 valence electrons. The summed E-state index contributed by atoms with van der Waals surface area (Å²) in [5.74, 6) is 0.544. The van der Waals surface area contributed by atoms with E-state index in [-0.39, 0.29) is 5.91 Å². The first-order valence-electron chi connectivity index (χ1n) is 5.73. The second kappa shape index (κ2) is 6.80. The Morgan fingerprint density at radius 1 is 1.47 bits per heavy atom. The lowest BCUT2D eigenvalue weighted by Crippen LogP contribution is -2.27. The molecular formula is C11H19N5O. The van der Waals surface area contributed by atoms with Gasteiger partial charge in [0.2, 0.25) is 0 Å². The summed E-state index contributed by atoms with van der Waals surface area (Å²) < 4.78 is 0. The SMILES string of the molecule is CCN(CCCN)c1ccc(C(=O)NC)nn1. The van der Waals surface area contributed by atoms with E-state index in [0.717, 1.165) is 25.3 Å². The number of aromatic nitrogens is 2. The van der Waals surface area contributed by atoms with Gasteiger partial charge >= 0.3 is 0 Å². The van der Waals surface area contributed by atoms with Gasteiger partial charge in [-0.2, -0.15) is 0 Å². The Morgan fingerprint density at radius 2 is 2.24 bits per heavy atom. The molecule has 0 aliphatic heterocycles.